The van der Waals surface area contributed by atoms with Crippen molar-refractivity contribution in [2.75, 3.05) is 18.0 Å². The number of phenols is 1. The fraction of sp³-hybridized carbons (Fsp3) is 0.263. The average molecular weight is 379 g/mol. The van der Waals surface area contributed by atoms with Crippen LogP contribution in [0.2, 0.25) is 0 Å². The minimum Gasteiger partial charge on any atom is -0.504 e. The van der Waals surface area contributed by atoms with Crippen molar-refractivity contribution in [1.29, 1.82) is 0 Å². The van der Waals surface area contributed by atoms with E-state index in [0.29, 0.717) is 16.4 Å². The third-order valence-electron chi connectivity index (χ3n) is 5.04. The summed E-state index contributed by atoms with van der Waals surface area (Å²) in [6, 6.07) is 5.54. The molecule has 9 heteroatoms. The second-order valence-corrected chi connectivity index (χ2v) is 7.09. The van der Waals surface area contributed by atoms with Gasteiger partial charge in [-0.25, -0.2) is 19.3 Å². The van der Waals surface area contributed by atoms with Crippen molar-refractivity contribution in [3.63, 3.8) is 0 Å². The molecule has 142 valence electrons. The molecule has 1 aliphatic heterocycles. The van der Waals surface area contributed by atoms with E-state index >= 15 is 0 Å². The molecule has 0 aliphatic carbocycles. The Morgan fingerprint density at radius 3 is 2.89 bits per heavy atom. The number of rotatable bonds is 2. The maximum Gasteiger partial charge on any atom is 0.193 e. The van der Waals surface area contributed by atoms with E-state index in [4.69, 9.17) is 5.73 Å². The summed E-state index contributed by atoms with van der Waals surface area (Å²) in [6.07, 6.45) is 4.20. The molecule has 0 saturated carbocycles. The fourth-order valence-electron chi connectivity index (χ4n) is 3.62. The molecule has 8 nitrogen and oxygen atoms in total. The van der Waals surface area contributed by atoms with Crippen LogP contribution in [0.15, 0.2) is 30.6 Å². The number of nitrogens with zero attached hydrogens (tertiary/aromatic N) is 6. The van der Waals surface area contributed by atoms with E-state index < -0.39 is 11.6 Å². The summed E-state index contributed by atoms with van der Waals surface area (Å²) < 4.78 is 16.0. The first kappa shape index (κ1) is 16.8. The van der Waals surface area contributed by atoms with E-state index in [9.17, 15) is 9.50 Å². The Hall–Kier alpha value is -3.33. The molecule has 4 heterocycles. The van der Waals surface area contributed by atoms with E-state index in [-0.39, 0.29) is 22.9 Å². The smallest absolute Gasteiger partial charge is 0.193 e. The third kappa shape index (κ3) is 2.63. The number of aryl methyl sites for hydroxylation is 1. The van der Waals surface area contributed by atoms with E-state index in [2.05, 4.69) is 25.0 Å². The van der Waals surface area contributed by atoms with Gasteiger partial charge in [0.2, 0.25) is 0 Å². The predicted octanol–water partition coefficient (Wildman–Crippen LogP) is 1.96. The number of fused-ring (bicyclic) bond motifs is 2. The molecule has 1 aliphatic rings. The highest BCUT2D eigenvalue weighted by Crippen LogP contribution is 2.35. The van der Waals surface area contributed by atoms with Crippen LogP contribution in [-0.2, 0) is 7.05 Å². The highest BCUT2D eigenvalue weighted by atomic mass is 19.1. The van der Waals surface area contributed by atoms with Gasteiger partial charge in [-0.3, -0.25) is 4.68 Å². The molecule has 0 bridgehead atoms. The standard InChI is InChI=1S/C19H18FN7O/c1-26-8-10-6-12(18(28)16(20)17(10)25-26)19-22-7-14-13(24-19)2-3-15(23-14)27-5-4-11(21)9-27/h2-3,6-8,11,28H,4-5,9,21H2,1H3/t11-/m1/s1. The topological polar surface area (TPSA) is 106 Å². The second-order valence-electron chi connectivity index (χ2n) is 7.09. The van der Waals surface area contributed by atoms with E-state index in [0.717, 1.165) is 25.3 Å². The number of aromatic nitrogens is 5. The van der Waals surface area contributed by atoms with E-state index in [1.54, 1.807) is 25.5 Å². The van der Waals surface area contributed by atoms with Crippen molar-refractivity contribution in [3.8, 4) is 17.1 Å². The molecule has 4 aromatic rings. The summed E-state index contributed by atoms with van der Waals surface area (Å²) in [6.45, 7) is 1.65. The molecule has 1 saturated heterocycles. The number of hydrogen-bond acceptors (Lipinski definition) is 7. The Morgan fingerprint density at radius 2 is 2.11 bits per heavy atom. The van der Waals surface area contributed by atoms with Gasteiger partial charge < -0.3 is 15.7 Å². The second kappa shape index (κ2) is 6.10. The molecule has 28 heavy (non-hydrogen) atoms. The van der Waals surface area contributed by atoms with E-state index in [1.165, 1.54) is 4.68 Å². The van der Waals surface area contributed by atoms with Gasteiger partial charge in [0, 0.05) is 37.8 Å². The number of aromatic hydroxyl groups is 1. The maximum absolute atomic E-state index is 14.5. The van der Waals surface area contributed by atoms with Crippen LogP contribution in [0, 0.1) is 5.82 Å². The maximum atomic E-state index is 14.5. The van der Waals surface area contributed by atoms with Crippen molar-refractivity contribution in [2.24, 2.45) is 12.8 Å². The van der Waals surface area contributed by atoms with Gasteiger partial charge in [-0.15, -0.1) is 0 Å². The zero-order valence-electron chi connectivity index (χ0n) is 15.2. The van der Waals surface area contributed by atoms with Crippen LogP contribution < -0.4 is 10.6 Å². The minimum atomic E-state index is -0.782. The molecule has 5 rings (SSSR count). The summed E-state index contributed by atoms with van der Waals surface area (Å²) >= 11 is 0. The van der Waals surface area contributed by atoms with Crippen molar-refractivity contribution < 1.29 is 9.50 Å². The number of benzene rings is 1. The average Bonchev–Trinajstić information content (AvgIpc) is 3.29. The molecule has 3 N–H and O–H groups in total. The molecule has 0 radical (unpaired) electrons. The normalized spacial score (nSPS) is 17.1. The van der Waals surface area contributed by atoms with Gasteiger partial charge in [0.15, 0.2) is 17.4 Å². The van der Waals surface area contributed by atoms with Crippen LogP contribution in [0.5, 0.6) is 5.75 Å². The predicted molar refractivity (Wildman–Crippen MR) is 103 cm³/mol. The number of phenolic OH excluding ortho intramolecular Hbond substituents is 1. The first-order valence-electron chi connectivity index (χ1n) is 8.99. The van der Waals surface area contributed by atoms with Gasteiger partial charge in [-0.1, -0.05) is 0 Å². The van der Waals surface area contributed by atoms with Gasteiger partial charge in [-0.05, 0) is 24.6 Å². The van der Waals surface area contributed by atoms with Gasteiger partial charge in [-0.2, -0.15) is 5.10 Å². The molecule has 1 fully saturated rings. The Kier molecular flexibility index (Phi) is 3.66. The van der Waals surface area contributed by atoms with Crippen molar-refractivity contribution in [2.45, 2.75) is 12.5 Å². The number of halogens is 1. The monoisotopic (exact) mass is 379 g/mol. The Morgan fingerprint density at radius 1 is 1.25 bits per heavy atom. The summed E-state index contributed by atoms with van der Waals surface area (Å²) in [5, 5.41) is 14.9. The van der Waals surface area contributed by atoms with Crippen molar-refractivity contribution >= 4 is 27.8 Å². The molecule has 1 aromatic carbocycles. The number of hydrogen-bond donors (Lipinski definition) is 2. The highest BCUT2D eigenvalue weighted by Gasteiger charge is 2.21. The molecular formula is C19H18FN7O. The molecular weight excluding hydrogens is 361 g/mol. The summed E-state index contributed by atoms with van der Waals surface area (Å²) in [5.41, 5.74) is 7.54. The van der Waals surface area contributed by atoms with Crippen LogP contribution in [0.1, 0.15) is 6.42 Å². The third-order valence-corrected chi connectivity index (χ3v) is 5.04. The first-order chi connectivity index (χ1) is 13.5. The largest absolute Gasteiger partial charge is 0.504 e. The number of anilines is 1. The van der Waals surface area contributed by atoms with Gasteiger partial charge >= 0.3 is 0 Å². The van der Waals surface area contributed by atoms with Gasteiger partial charge in [0.25, 0.3) is 0 Å². The van der Waals surface area contributed by atoms with Crippen LogP contribution in [0.3, 0.4) is 0 Å². The lowest BCUT2D eigenvalue weighted by Crippen LogP contribution is -2.26. The summed E-state index contributed by atoms with van der Waals surface area (Å²) in [4.78, 5) is 15.5. The van der Waals surface area contributed by atoms with Crippen LogP contribution in [0.25, 0.3) is 33.3 Å². The number of nitrogens with two attached hydrogens (primary N) is 1. The first-order valence-corrected chi connectivity index (χ1v) is 8.99. The molecule has 0 amide bonds. The quantitative estimate of drug-likeness (QED) is 0.548. The zero-order chi connectivity index (χ0) is 19.4. The lowest BCUT2D eigenvalue weighted by atomic mass is 10.1. The van der Waals surface area contributed by atoms with Crippen LogP contribution in [0.4, 0.5) is 10.2 Å². The molecule has 0 spiro atoms. The molecule has 3 aromatic heterocycles. The van der Waals surface area contributed by atoms with Gasteiger partial charge in [0.05, 0.1) is 17.3 Å². The Balaban J connectivity index is 1.58. The lowest BCUT2D eigenvalue weighted by Gasteiger charge is -2.17. The van der Waals surface area contributed by atoms with Crippen LogP contribution >= 0.6 is 0 Å². The minimum absolute atomic E-state index is 0.111. The SMILES string of the molecule is Cn1cc2cc(-c3ncc4nc(N5CC[C@@H](N)C5)ccc4n3)c(O)c(F)c2n1. The Bertz CT molecular complexity index is 1220. The van der Waals surface area contributed by atoms with Crippen molar-refractivity contribution in [3.05, 3.63) is 36.4 Å². The molecule has 0 unspecified atom stereocenters. The summed E-state index contributed by atoms with van der Waals surface area (Å²) in [7, 11) is 1.69. The number of pyridine rings is 1. The molecule has 1 atom stereocenters. The highest BCUT2D eigenvalue weighted by molar-refractivity contribution is 5.88. The van der Waals surface area contributed by atoms with Crippen molar-refractivity contribution in [1.82, 2.24) is 24.7 Å². The summed E-state index contributed by atoms with van der Waals surface area (Å²) in [5.74, 6) is -0.230. The van der Waals surface area contributed by atoms with E-state index in [1.807, 2.05) is 12.1 Å². The zero-order valence-corrected chi connectivity index (χ0v) is 15.2. The fourth-order valence-corrected chi connectivity index (χ4v) is 3.62. The van der Waals surface area contributed by atoms with Crippen LogP contribution in [-0.4, -0.2) is 49.0 Å². The lowest BCUT2D eigenvalue weighted by molar-refractivity contribution is 0.437. The van der Waals surface area contributed by atoms with Gasteiger partial charge in [0.1, 0.15) is 16.9 Å². The Labute approximate surface area is 159 Å².